The summed E-state index contributed by atoms with van der Waals surface area (Å²) in [7, 11) is 1.83. The minimum Gasteiger partial charge on any atom is -0.356 e. The highest BCUT2D eigenvalue weighted by atomic mass is 35.5. The van der Waals surface area contributed by atoms with Crippen molar-refractivity contribution in [1.82, 2.24) is 4.98 Å². The maximum Gasteiger partial charge on any atom is 0.416 e. The van der Waals surface area contributed by atoms with Gasteiger partial charge in [0.1, 0.15) is 5.88 Å². The lowest BCUT2D eigenvalue weighted by Gasteiger charge is -2.35. The number of hydrogen-bond acceptors (Lipinski definition) is 4. The van der Waals surface area contributed by atoms with Crippen molar-refractivity contribution < 1.29 is 22.8 Å². The van der Waals surface area contributed by atoms with E-state index in [9.17, 15) is 22.8 Å². The number of rotatable bonds is 3. The van der Waals surface area contributed by atoms with Gasteiger partial charge in [0.05, 0.1) is 11.3 Å². The van der Waals surface area contributed by atoms with Crippen LogP contribution in [0.4, 0.5) is 30.4 Å². The van der Waals surface area contributed by atoms with Gasteiger partial charge in [-0.05, 0) is 36.8 Å². The molecule has 0 atom stereocenters. The molecule has 10 heteroatoms. The highest BCUT2D eigenvalue weighted by molar-refractivity contribution is 6.29. The second-order valence-electron chi connectivity index (χ2n) is 6.71. The number of pyridine rings is 1. The number of carbonyl (C=O) groups excluding carboxylic acids is 2. The Morgan fingerprint density at radius 1 is 1.21 bits per heavy atom. The summed E-state index contributed by atoms with van der Waals surface area (Å²) in [5, 5.41) is 2.28. The summed E-state index contributed by atoms with van der Waals surface area (Å²) in [4.78, 5) is 32.3. The van der Waals surface area contributed by atoms with Crippen LogP contribution < -0.4 is 15.1 Å². The fraction of sp³-hybridized carbons (Fsp3) is 0.316. The summed E-state index contributed by atoms with van der Waals surface area (Å²) < 4.78 is 40.0. The number of nitrogens with zero attached hydrogens (tertiary/aromatic N) is 3. The first-order valence-corrected chi connectivity index (χ1v) is 9.21. The summed E-state index contributed by atoms with van der Waals surface area (Å²) in [5.41, 5.74) is -0.0411. The van der Waals surface area contributed by atoms with Crippen molar-refractivity contribution in [3.8, 4) is 0 Å². The van der Waals surface area contributed by atoms with Crippen molar-refractivity contribution in [2.45, 2.75) is 13.1 Å². The van der Waals surface area contributed by atoms with Crippen molar-refractivity contribution in [1.29, 1.82) is 0 Å². The molecule has 3 rings (SSSR count). The number of halogens is 4. The molecule has 0 saturated carbocycles. The number of likely N-dealkylation sites (N-methyl/N-ethyl adjacent to an activating group) is 1. The minimum absolute atomic E-state index is 0.148. The maximum absolute atomic E-state index is 13.3. The molecule has 0 bridgehead atoms. The first kappa shape index (κ1) is 20.9. The van der Waals surface area contributed by atoms with E-state index < -0.39 is 29.4 Å². The number of aromatic nitrogens is 1. The second-order valence-corrected chi connectivity index (χ2v) is 6.98. The summed E-state index contributed by atoms with van der Waals surface area (Å²) in [6, 6.07) is 4.52. The Labute approximate surface area is 170 Å². The van der Waals surface area contributed by atoms with Gasteiger partial charge >= 0.3 is 6.18 Å². The maximum atomic E-state index is 13.3. The molecule has 0 unspecified atom stereocenters. The Kier molecular flexibility index (Phi) is 5.70. The molecule has 6 nitrogen and oxygen atoms in total. The molecular formula is C19H18ClF3N4O2. The molecule has 154 valence electrons. The van der Waals surface area contributed by atoms with Crippen LogP contribution >= 0.6 is 11.6 Å². The standard InChI is InChI=1S/C19H18ClF3N4O2/c1-11-5-15-17(24-10-11)26(2)3-4-27(15)18(29)12-6-13(19(21,22)23)8-14(7-12)25-16(28)9-20/h5-8,10H,3-4,9H2,1-2H3,(H,25,28). The van der Waals surface area contributed by atoms with E-state index >= 15 is 0 Å². The van der Waals surface area contributed by atoms with Crippen molar-refractivity contribution in [2.75, 3.05) is 41.1 Å². The van der Waals surface area contributed by atoms with Gasteiger partial charge in [-0.3, -0.25) is 9.59 Å². The van der Waals surface area contributed by atoms with Crippen LogP contribution in [0.5, 0.6) is 0 Å². The first-order chi connectivity index (χ1) is 13.6. The number of alkyl halides is 4. The number of benzene rings is 1. The van der Waals surface area contributed by atoms with Crippen LogP contribution in [0.25, 0.3) is 0 Å². The second kappa shape index (κ2) is 7.90. The van der Waals surface area contributed by atoms with Crippen molar-refractivity contribution in [3.05, 3.63) is 47.2 Å². The van der Waals surface area contributed by atoms with E-state index in [1.165, 1.54) is 11.0 Å². The number of nitrogens with one attached hydrogen (secondary N) is 1. The van der Waals surface area contributed by atoms with Crippen molar-refractivity contribution in [2.24, 2.45) is 0 Å². The number of carbonyl (C=O) groups is 2. The molecule has 2 heterocycles. The fourth-order valence-corrected chi connectivity index (χ4v) is 3.13. The van der Waals surface area contributed by atoms with E-state index in [4.69, 9.17) is 11.6 Å². The highest BCUT2D eigenvalue weighted by Crippen LogP contribution is 2.35. The SMILES string of the molecule is Cc1cnc2c(c1)N(C(=O)c1cc(NC(=O)CCl)cc(C(F)(F)F)c1)CCN2C. The summed E-state index contributed by atoms with van der Waals surface area (Å²) in [6.45, 7) is 2.57. The Bertz CT molecular complexity index is 965. The lowest BCUT2D eigenvalue weighted by Crippen LogP contribution is -2.43. The predicted octanol–water partition coefficient (Wildman–Crippen LogP) is 3.68. The quantitative estimate of drug-likeness (QED) is 0.760. The number of aryl methyl sites for hydroxylation is 1. The van der Waals surface area contributed by atoms with E-state index in [-0.39, 0.29) is 17.8 Å². The first-order valence-electron chi connectivity index (χ1n) is 8.68. The Hall–Kier alpha value is -2.81. The lowest BCUT2D eigenvalue weighted by molar-refractivity contribution is -0.137. The van der Waals surface area contributed by atoms with Crippen LogP contribution in [0.2, 0.25) is 0 Å². The van der Waals surface area contributed by atoms with Gasteiger partial charge in [0.2, 0.25) is 5.91 Å². The van der Waals surface area contributed by atoms with Gasteiger partial charge < -0.3 is 15.1 Å². The van der Waals surface area contributed by atoms with Crippen molar-refractivity contribution >= 4 is 40.6 Å². The molecule has 1 aliphatic rings. The molecule has 2 aromatic rings. The number of anilines is 3. The molecule has 29 heavy (non-hydrogen) atoms. The van der Waals surface area contributed by atoms with Crippen LogP contribution in [0.15, 0.2) is 30.5 Å². The molecule has 0 radical (unpaired) electrons. The minimum atomic E-state index is -4.69. The van der Waals surface area contributed by atoms with Crippen LogP contribution in [0.3, 0.4) is 0 Å². The molecule has 1 aromatic carbocycles. The third-order valence-electron chi connectivity index (χ3n) is 4.45. The molecular weight excluding hydrogens is 409 g/mol. The molecule has 1 N–H and O–H groups in total. The molecule has 2 amide bonds. The van der Waals surface area contributed by atoms with Gasteiger partial charge in [-0.2, -0.15) is 13.2 Å². The lowest BCUT2D eigenvalue weighted by atomic mass is 10.1. The number of fused-ring (bicyclic) bond motifs is 1. The van der Waals surface area contributed by atoms with Gasteiger partial charge in [-0.15, -0.1) is 11.6 Å². The predicted molar refractivity (Wildman–Crippen MR) is 105 cm³/mol. The number of hydrogen-bond donors (Lipinski definition) is 1. The zero-order valence-electron chi connectivity index (χ0n) is 15.7. The Balaban J connectivity index is 2.05. The summed E-state index contributed by atoms with van der Waals surface area (Å²) in [5.74, 6) is -1.14. The van der Waals surface area contributed by atoms with E-state index in [1.54, 1.807) is 12.3 Å². The van der Waals surface area contributed by atoms with Gasteiger partial charge in [0.25, 0.3) is 5.91 Å². The van der Waals surface area contributed by atoms with Gasteiger partial charge in [0, 0.05) is 37.6 Å². The van der Waals surface area contributed by atoms with Crippen LogP contribution in [-0.4, -0.2) is 42.8 Å². The monoisotopic (exact) mass is 426 g/mol. The Morgan fingerprint density at radius 2 is 1.93 bits per heavy atom. The summed E-state index contributed by atoms with van der Waals surface area (Å²) >= 11 is 5.42. The molecule has 0 saturated heterocycles. The fourth-order valence-electron chi connectivity index (χ4n) is 3.06. The number of amides is 2. The van der Waals surface area contributed by atoms with E-state index in [0.717, 1.165) is 17.7 Å². The van der Waals surface area contributed by atoms with E-state index in [0.29, 0.717) is 18.1 Å². The average molecular weight is 427 g/mol. The van der Waals surface area contributed by atoms with Crippen molar-refractivity contribution in [3.63, 3.8) is 0 Å². The van der Waals surface area contributed by atoms with Crippen LogP contribution in [0, 0.1) is 6.92 Å². The molecule has 1 aliphatic heterocycles. The third-order valence-corrected chi connectivity index (χ3v) is 4.70. The van der Waals surface area contributed by atoms with Crippen LogP contribution in [0.1, 0.15) is 21.5 Å². The third kappa shape index (κ3) is 4.45. The summed E-state index contributed by atoms with van der Waals surface area (Å²) in [6.07, 6.45) is -3.03. The molecule has 0 spiro atoms. The van der Waals surface area contributed by atoms with Gasteiger partial charge in [-0.25, -0.2) is 4.98 Å². The molecule has 0 fully saturated rings. The normalized spacial score (nSPS) is 13.9. The Morgan fingerprint density at radius 3 is 2.59 bits per heavy atom. The zero-order chi connectivity index (χ0) is 21.3. The zero-order valence-corrected chi connectivity index (χ0v) is 16.4. The smallest absolute Gasteiger partial charge is 0.356 e. The van der Waals surface area contributed by atoms with Gasteiger partial charge in [-0.1, -0.05) is 0 Å². The topological polar surface area (TPSA) is 65.5 Å². The molecule has 1 aromatic heterocycles. The van der Waals surface area contributed by atoms with Crippen LogP contribution in [-0.2, 0) is 11.0 Å². The largest absolute Gasteiger partial charge is 0.416 e. The van der Waals surface area contributed by atoms with E-state index in [1.807, 2.05) is 18.9 Å². The highest BCUT2D eigenvalue weighted by Gasteiger charge is 2.33. The van der Waals surface area contributed by atoms with Gasteiger partial charge in [0.15, 0.2) is 5.82 Å². The molecule has 0 aliphatic carbocycles. The van der Waals surface area contributed by atoms with E-state index in [2.05, 4.69) is 10.3 Å². The average Bonchev–Trinajstić information content (AvgIpc) is 2.66.